The third-order valence-corrected chi connectivity index (χ3v) is 3.40. The maximum atomic E-state index is 12.2. The van der Waals surface area contributed by atoms with Gasteiger partial charge in [0, 0.05) is 16.6 Å². The molecule has 0 amide bonds. The van der Waals surface area contributed by atoms with Gasteiger partial charge in [-0.3, -0.25) is 4.79 Å². The normalized spacial score (nSPS) is 10.6. The molecule has 1 aromatic carbocycles. The zero-order valence-electron chi connectivity index (χ0n) is 10.4. The molecule has 0 saturated heterocycles. The first kappa shape index (κ1) is 13.0. The van der Waals surface area contributed by atoms with Crippen LogP contribution in [-0.4, -0.2) is 20.5 Å². The summed E-state index contributed by atoms with van der Waals surface area (Å²) < 4.78 is 2.56. The molecule has 0 atom stereocenters. The lowest BCUT2D eigenvalue weighted by molar-refractivity contribution is 0.0988. The van der Waals surface area contributed by atoms with Gasteiger partial charge in [0.25, 0.3) is 0 Å². The van der Waals surface area contributed by atoms with E-state index in [4.69, 9.17) is 0 Å². The number of aromatic nitrogens is 3. The minimum Gasteiger partial charge on any atom is -0.294 e. The van der Waals surface area contributed by atoms with Gasteiger partial charge < -0.3 is 0 Å². The highest BCUT2D eigenvalue weighted by Crippen LogP contribution is 2.20. The molecule has 1 heterocycles. The second-order valence-electron chi connectivity index (χ2n) is 4.08. The topological polar surface area (TPSA) is 47.8 Å². The summed E-state index contributed by atoms with van der Waals surface area (Å²) in [5, 5.41) is 4.06. The Hall–Kier alpha value is -1.49. The Morgan fingerprint density at radius 2 is 2.22 bits per heavy atom. The van der Waals surface area contributed by atoms with E-state index in [2.05, 4.69) is 26.0 Å². The number of benzene rings is 1. The van der Waals surface area contributed by atoms with Crippen molar-refractivity contribution in [1.29, 1.82) is 0 Å². The molecule has 2 rings (SSSR count). The highest BCUT2D eigenvalue weighted by Gasteiger charge is 2.14. The number of Topliss-reactive ketones (excluding diaryl/α,β-unsaturated/α-hetero) is 1. The molecule has 0 aliphatic rings. The smallest absolute Gasteiger partial charge is 0.171 e. The molecule has 4 nitrogen and oxygen atoms in total. The van der Waals surface area contributed by atoms with Crippen LogP contribution in [0.1, 0.15) is 28.7 Å². The van der Waals surface area contributed by atoms with Gasteiger partial charge in [0.05, 0.1) is 6.42 Å². The summed E-state index contributed by atoms with van der Waals surface area (Å²) in [6.07, 6.45) is 1.76. The third kappa shape index (κ3) is 2.67. The van der Waals surface area contributed by atoms with E-state index in [-0.39, 0.29) is 12.2 Å². The van der Waals surface area contributed by atoms with E-state index in [0.717, 1.165) is 16.6 Å². The molecular formula is C13H14BrN3O. The van der Waals surface area contributed by atoms with Crippen molar-refractivity contribution in [2.24, 2.45) is 0 Å². The number of halogens is 1. The number of carbonyl (C=O) groups is 1. The Bertz CT molecular complexity index is 577. The van der Waals surface area contributed by atoms with Crippen LogP contribution in [0.5, 0.6) is 0 Å². The fraction of sp³-hybridized carbons (Fsp3) is 0.308. The van der Waals surface area contributed by atoms with E-state index in [1.165, 1.54) is 6.33 Å². The van der Waals surface area contributed by atoms with Gasteiger partial charge in [0.1, 0.15) is 12.2 Å². The molecule has 2 aromatic rings. The summed E-state index contributed by atoms with van der Waals surface area (Å²) in [7, 11) is 0. The average Bonchev–Trinajstić information content (AvgIpc) is 2.76. The quantitative estimate of drug-likeness (QED) is 0.816. The highest BCUT2D eigenvalue weighted by atomic mass is 79.9. The molecule has 94 valence electrons. The second kappa shape index (κ2) is 5.44. The lowest BCUT2D eigenvalue weighted by atomic mass is 10.1. The Kier molecular flexibility index (Phi) is 3.91. The van der Waals surface area contributed by atoms with E-state index in [9.17, 15) is 4.79 Å². The fourth-order valence-electron chi connectivity index (χ4n) is 1.77. The van der Waals surface area contributed by atoms with E-state index in [0.29, 0.717) is 11.4 Å². The molecular weight excluding hydrogens is 294 g/mol. The van der Waals surface area contributed by atoms with E-state index >= 15 is 0 Å². The average molecular weight is 308 g/mol. The zero-order valence-corrected chi connectivity index (χ0v) is 11.9. The van der Waals surface area contributed by atoms with Gasteiger partial charge in [-0.05, 0) is 31.5 Å². The summed E-state index contributed by atoms with van der Waals surface area (Å²) in [5.41, 5.74) is 1.81. The molecule has 0 aliphatic heterocycles. The van der Waals surface area contributed by atoms with Crippen LogP contribution in [-0.2, 0) is 13.0 Å². The summed E-state index contributed by atoms with van der Waals surface area (Å²) in [5.74, 6) is 0.750. The molecule has 1 aromatic heterocycles. The van der Waals surface area contributed by atoms with Gasteiger partial charge in [-0.15, -0.1) is 0 Å². The lowest BCUT2D eigenvalue weighted by Crippen LogP contribution is -2.11. The van der Waals surface area contributed by atoms with Gasteiger partial charge in [0.2, 0.25) is 0 Å². The predicted molar refractivity (Wildman–Crippen MR) is 72.6 cm³/mol. The largest absolute Gasteiger partial charge is 0.294 e. The Balaban J connectivity index is 2.22. The Morgan fingerprint density at radius 3 is 2.89 bits per heavy atom. The van der Waals surface area contributed by atoms with Crippen LogP contribution in [0.2, 0.25) is 0 Å². The number of rotatable bonds is 4. The Morgan fingerprint density at radius 1 is 1.44 bits per heavy atom. The number of nitrogens with zero attached hydrogens (tertiary/aromatic N) is 3. The standard InChI is InChI=1S/C13H14BrN3O/c1-3-17-13(15-8-16-17)7-12(18)10-5-4-9(2)6-11(10)14/h4-6,8H,3,7H2,1-2H3. The van der Waals surface area contributed by atoms with Gasteiger partial charge >= 0.3 is 0 Å². The van der Waals surface area contributed by atoms with E-state index < -0.39 is 0 Å². The van der Waals surface area contributed by atoms with Crippen LogP contribution >= 0.6 is 15.9 Å². The number of carbonyl (C=O) groups excluding carboxylic acids is 1. The summed E-state index contributed by atoms with van der Waals surface area (Å²) in [4.78, 5) is 16.3. The van der Waals surface area contributed by atoms with Crippen molar-refractivity contribution in [1.82, 2.24) is 14.8 Å². The molecule has 5 heteroatoms. The van der Waals surface area contributed by atoms with Crippen molar-refractivity contribution < 1.29 is 4.79 Å². The van der Waals surface area contributed by atoms with Crippen molar-refractivity contribution in [3.8, 4) is 0 Å². The van der Waals surface area contributed by atoms with Gasteiger partial charge in [-0.1, -0.05) is 22.0 Å². The highest BCUT2D eigenvalue weighted by molar-refractivity contribution is 9.10. The fourth-order valence-corrected chi connectivity index (χ4v) is 2.49. The van der Waals surface area contributed by atoms with Crippen LogP contribution in [0.4, 0.5) is 0 Å². The molecule has 0 saturated carbocycles. The van der Waals surface area contributed by atoms with Gasteiger partial charge in [0.15, 0.2) is 5.78 Å². The van der Waals surface area contributed by atoms with Crippen molar-refractivity contribution in [3.63, 3.8) is 0 Å². The van der Waals surface area contributed by atoms with Crippen molar-refractivity contribution >= 4 is 21.7 Å². The number of ketones is 1. The maximum Gasteiger partial charge on any atom is 0.171 e. The van der Waals surface area contributed by atoms with Crippen LogP contribution in [0.15, 0.2) is 29.0 Å². The number of aryl methyl sites for hydroxylation is 2. The summed E-state index contributed by atoms with van der Waals surface area (Å²) in [6, 6.07) is 5.72. The lowest BCUT2D eigenvalue weighted by Gasteiger charge is -2.05. The molecule has 0 fully saturated rings. The SMILES string of the molecule is CCn1ncnc1CC(=O)c1ccc(C)cc1Br. The summed E-state index contributed by atoms with van der Waals surface area (Å²) in [6.45, 7) is 4.69. The first-order chi connectivity index (χ1) is 8.61. The first-order valence-corrected chi connectivity index (χ1v) is 6.57. The van der Waals surface area contributed by atoms with Crippen LogP contribution in [0, 0.1) is 6.92 Å². The molecule has 0 bridgehead atoms. The maximum absolute atomic E-state index is 12.2. The monoisotopic (exact) mass is 307 g/mol. The van der Waals surface area contributed by atoms with Crippen LogP contribution in [0.3, 0.4) is 0 Å². The molecule has 0 aliphatic carbocycles. The predicted octanol–water partition coefficient (Wildman–Crippen LogP) is 2.79. The molecule has 0 spiro atoms. The first-order valence-electron chi connectivity index (χ1n) is 5.78. The summed E-state index contributed by atoms with van der Waals surface area (Å²) >= 11 is 3.42. The zero-order chi connectivity index (χ0) is 13.1. The van der Waals surface area contributed by atoms with Crippen molar-refractivity contribution in [2.75, 3.05) is 0 Å². The molecule has 18 heavy (non-hydrogen) atoms. The van der Waals surface area contributed by atoms with Crippen molar-refractivity contribution in [3.05, 3.63) is 46.0 Å². The Labute approximate surface area is 114 Å². The molecule has 0 radical (unpaired) electrons. The minimum atomic E-state index is 0.0459. The van der Waals surface area contributed by atoms with Crippen LogP contribution in [0.25, 0.3) is 0 Å². The van der Waals surface area contributed by atoms with Gasteiger partial charge in [-0.25, -0.2) is 9.67 Å². The third-order valence-electron chi connectivity index (χ3n) is 2.74. The van der Waals surface area contributed by atoms with Crippen LogP contribution < -0.4 is 0 Å². The van der Waals surface area contributed by atoms with Crippen molar-refractivity contribution in [2.45, 2.75) is 26.8 Å². The number of hydrogen-bond donors (Lipinski definition) is 0. The van der Waals surface area contributed by atoms with Gasteiger partial charge in [-0.2, -0.15) is 5.10 Å². The van der Waals surface area contributed by atoms with E-state index in [1.54, 1.807) is 4.68 Å². The minimum absolute atomic E-state index is 0.0459. The van der Waals surface area contributed by atoms with E-state index in [1.807, 2.05) is 32.0 Å². The molecule has 0 N–H and O–H groups in total. The second-order valence-corrected chi connectivity index (χ2v) is 4.93. The molecule has 0 unspecified atom stereocenters. The number of hydrogen-bond acceptors (Lipinski definition) is 3.